The smallest absolute Gasteiger partial charge is 0.181 e. The van der Waals surface area contributed by atoms with Gasteiger partial charge in [0.2, 0.25) is 0 Å². The first-order chi connectivity index (χ1) is 9.11. The molecule has 0 spiro atoms. The van der Waals surface area contributed by atoms with Gasteiger partial charge in [-0.05, 0) is 37.6 Å². The van der Waals surface area contributed by atoms with E-state index in [1.54, 1.807) is 0 Å². The highest BCUT2D eigenvalue weighted by Crippen LogP contribution is 2.22. The number of hydrogen-bond acceptors (Lipinski definition) is 4. The first-order valence-electron chi connectivity index (χ1n) is 6.80. The van der Waals surface area contributed by atoms with Crippen LogP contribution < -0.4 is 10.2 Å². The van der Waals surface area contributed by atoms with Gasteiger partial charge in [0, 0.05) is 25.3 Å². The summed E-state index contributed by atoms with van der Waals surface area (Å²) < 4.78 is 5.36. The standard InChI is InChI=1S/C15H23N3O/c1-11(2)12(8-16-3)9-18(4)13-5-6-14-15(7-13)19-10-17-14/h5-7,10-12,16H,8-9H2,1-4H3. The van der Waals surface area contributed by atoms with Crippen LogP contribution >= 0.6 is 0 Å². The van der Waals surface area contributed by atoms with Gasteiger partial charge < -0.3 is 14.6 Å². The van der Waals surface area contributed by atoms with E-state index < -0.39 is 0 Å². The number of anilines is 1. The summed E-state index contributed by atoms with van der Waals surface area (Å²) in [7, 11) is 4.14. The van der Waals surface area contributed by atoms with Crippen molar-refractivity contribution in [2.75, 3.05) is 32.1 Å². The molecule has 0 saturated heterocycles. The molecule has 0 aliphatic carbocycles. The molecule has 1 aromatic heterocycles. The summed E-state index contributed by atoms with van der Waals surface area (Å²) >= 11 is 0. The highest BCUT2D eigenvalue weighted by Gasteiger charge is 2.15. The first-order valence-corrected chi connectivity index (χ1v) is 6.80. The fourth-order valence-electron chi connectivity index (χ4n) is 2.31. The van der Waals surface area contributed by atoms with Gasteiger partial charge in [0.25, 0.3) is 0 Å². The van der Waals surface area contributed by atoms with Crippen molar-refractivity contribution in [2.45, 2.75) is 13.8 Å². The zero-order chi connectivity index (χ0) is 13.8. The molecule has 1 aromatic carbocycles. The molecule has 0 fully saturated rings. The average Bonchev–Trinajstić information content (AvgIpc) is 2.85. The summed E-state index contributed by atoms with van der Waals surface area (Å²) in [6.45, 7) is 6.61. The molecule has 1 heterocycles. The van der Waals surface area contributed by atoms with Gasteiger partial charge in [-0.1, -0.05) is 13.8 Å². The number of rotatable bonds is 6. The van der Waals surface area contributed by atoms with Crippen molar-refractivity contribution in [3.8, 4) is 0 Å². The van der Waals surface area contributed by atoms with E-state index in [9.17, 15) is 0 Å². The molecular formula is C15H23N3O. The normalized spacial score (nSPS) is 13.1. The number of benzene rings is 1. The molecule has 0 aliphatic rings. The van der Waals surface area contributed by atoms with Gasteiger partial charge in [-0.15, -0.1) is 0 Å². The van der Waals surface area contributed by atoms with Crippen molar-refractivity contribution in [3.05, 3.63) is 24.6 Å². The monoisotopic (exact) mass is 261 g/mol. The molecule has 2 rings (SSSR count). The van der Waals surface area contributed by atoms with E-state index in [0.717, 1.165) is 24.2 Å². The van der Waals surface area contributed by atoms with Crippen molar-refractivity contribution in [1.82, 2.24) is 10.3 Å². The minimum Gasteiger partial charge on any atom is -0.443 e. The van der Waals surface area contributed by atoms with Gasteiger partial charge in [-0.3, -0.25) is 0 Å². The van der Waals surface area contributed by atoms with Gasteiger partial charge >= 0.3 is 0 Å². The first kappa shape index (κ1) is 13.9. The van der Waals surface area contributed by atoms with Crippen LogP contribution in [0.4, 0.5) is 5.69 Å². The van der Waals surface area contributed by atoms with Crippen LogP contribution in [0.25, 0.3) is 11.1 Å². The molecule has 1 unspecified atom stereocenters. The Morgan fingerprint density at radius 2 is 2.16 bits per heavy atom. The quantitative estimate of drug-likeness (QED) is 0.868. The molecular weight excluding hydrogens is 238 g/mol. The number of nitrogens with zero attached hydrogens (tertiary/aromatic N) is 2. The van der Waals surface area contributed by atoms with Crippen molar-refractivity contribution < 1.29 is 4.42 Å². The summed E-state index contributed by atoms with van der Waals surface area (Å²) in [5.41, 5.74) is 2.93. The Labute approximate surface area is 114 Å². The molecule has 19 heavy (non-hydrogen) atoms. The Morgan fingerprint density at radius 1 is 1.37 bits per heavy atom. The van der Waals surface area contributed by atoms with Gasteiger partial charge in [0.1, 0.15) is 5.52 Å². The van der Waals surface area contributed by atoms with Crippen LogP contribution in [0, 0.1) is 11.8 Å². The van der Waals surface area contributed by atoms with Gasteiger partial charge in [-0.25, -0.2) is 4.98 Å². The molecule has 104 valence electrons. The minimum absolute atomic E-state index is 0.625. The highest BCUT2D eigenvalue weighted by molar-refractivity contribution is 5.76. The fourth-order valence-corrected chi connectivity index (χ4v) is 2.31. The van der Waals surface area contributed by atoms with Crippen LogP contribution in [0.3, 0.4) is 0 Å². The van der Waals surface area contributed by atoms with Crippen LogP contribution in [-0.2, 0) is 0 Å². The maximum Gasteiger partial charge on any atom is 0.181 e. The van der Waals surface area contributed by atoms with Crippen LogP contribution in [0.2, 0.25) is 0 Å². The van der Waals surface area contributed by atoms with E-state index in [-0.39, 0.29) is 0 Å². The third-order valence-electron chi connectivity index (χ3n) is 3.67. The molecule has 1 N–H and O–H groups in total. The summed E-state index contributed by atoms with van der Waals surface area (Å²) in [6, 6.07) is 6.16. The van der Waals surface area contributed by atoms with Gasteiger partial charge in [0.05, 0.1) is 0 Å². The Bertz CT molecular complexity index is 521. The molecule has 0 radical (unpaired) electrons. The lowest BCUT2D eigenvalue weighted by molar-refractivity contribution is 0.376. The van der Waals surface area contributed by atoms with Crippen LogP contribution in [0.5, 0.6) is 0 Å². The number of nitrogens with one attached hydrogen (secondary N) is 1. The molecule has 0 amide bonds. The Hall–Kier alpha value is -1.55. The zero-order valence-corrected chi connectivity index (χ0v) is 12.2. The molecule has 0 saturated carbocycles. The number of oxazole rings is 1. The summed E-state index contributed by atoms with van der Waals surface area (Å²) in [5, 5.41) is 3.28. The van der Waals surface area contributed by atoms with E-state index in [1.165, 1.54) is 12.1 Å². The number of aromatic nitrogens is 1. The van der Waals surface area contributed by atoms with Crippen LogP contribution in [-0.4, -0.2) is 32.2 Å². The molecule has 0 bridgehead atoms. The Morgan fingerprint density at radius 3 is 2.84 bits per heavy atom. The number of fused-ring (bicyclic) bond motifs is 1. The topological polar surface area (TPSA) is 41.3 Å². The molecule has 1 atom stereocenters. The molecule has 0 aliphatic heterocycles. The minimum atomic E-state index is 0.625. The van der Waals surface area contributed by atoms with Crippen molar-refractivity contribution in [1.29, 1.82) is 0 Å². The lowest BCUT2D eigenvalue weighted by Crippen LogP contribution is -2.34. The lowest BCUT2D eigenvalue weighted by Gasteiger charge is -2.28. The van der Waals surface area contributed by atoms with E-state index in [2.05, 4.69) is 48.2 Å². The lowest BCUT2D eigenvalue weighted by atomic mass is 9.95. The summed E-state index contributed by atoms with van der Waals surface area (Å²) in [4.78, 5) is 6.42. The van der Waals surface area contributed by atoms with Gasteiger partial charge in [-0.2, -0.15) is 0 Å². The zero-order valence-electron chi connectivity index (χ0n) is 12.2. The third kappa shape index (κ3) is 3.26. The predicted octanol–water partition coefficient (Wildman–Crippen LogP) is 2.76. The summed E-state index contributed by atoms with van der Waals surface area (Å²) in [6.07, 6.45) is 1.49. The second-order valence-electron chi connectivity index (χ2n) is 5.45. The van der Waals surface area contributed by atoms with Crippen molar-refractivity contribution >= 4 is 16.8 Å². The Kier molecular flexibility index (Phi) is 4.43. The van der Waals surface area contributed by atoms with Crippen molar-refractivity contribution in [2.24, 2.45) is 11.8 Å². The van der Waals surface area contributed by atoms with Gasteiger partial charge in [0.15, 0.2) is 12.0 Å². The number of hydrogen-bond donors (Lipinski definition) is 1. The largest absolute Gasteiger partial charge is 0.443 e. The van der Waals surface area contributed by atoms with Crippen LogP contribution in [0.15, 0.2) is 29.0 Å². The SMILES string of the molecule is CNCC(CN(C)c1ccc2ncoc2c1)C(C)C. The van der Waals surface area contributed by atoms with E-state index in [0.29, 0.717) is 11.8 Å². The predicted molar refractivity (Wildman–Crippen MR) is 79.5 cm³/mol. The van der Waals surface area contributed by atoms with Crippen molar-refractivity contribution in [3.63, 3.8) is 0 Å². The van der Waals surface area contributed by atoms with Crippen LogP contribution in [0.1, 0.15) is 13.8 Å². The molecule has 2 aromatic rings. The maximum atomic E-state index is 5.36. The van der Waals surface area contributed by atoms with E-state index >= 15 is 0 Å². The van der Waals surface area contributed by atoms with E-state index in [1.807, 2.05) is 13.1 Å². The third-order valence-corrected chi connectivity index (χ3v) is 3.67. The molecule has 4 nitrogen and oxygen atoms in total. The fraction of sp³-hybridized carbons (Fsp3) is 0.533. The second kappa shape index (κ2) is 6.06. The Balaban J connectivity index is 2.11. The summed E-state index contributed by atoms with van der Waals surface area (Å²) in [5.74, 6) is 1.28. The molecule has 4 heteroatoms. The average molecular weight is 261 g/mol. The second-order valence-corrected chi connectivity index (χ2v) is 5.45. The maximum absolute atomic E-state index is 5.36. The highest BCUT2D eigenvalue weighted by atomic mass is 16.3. The van der Waals surface area contributed by atoms with E-state index in [4.69, 9.17) is 4.42 Å².